The third-order valence-corrected chi connectivity index (χ3v) is 5.94. The molecule has 0 bridgehead atoms. The Balaban J connectivity index is 1.80. The summed E-state index contributed by atoms with van der Waals surface area (Å²) in [5.41, 5.74) is -0.801. The number of nitrogens with zero attached hydrogens (tertiary/aromatic N) is 2. The number of anilines is 1. The van der Waals surface area contributed by atoms with Crippen LogP contribution in [0.15, 0.2) is 17.1 Å². The van der Waals surface area contributed by atoms with E-state index in [1.54, 1.807) is 16.4 Å². The Labute approximate surface area is 172 Å². The first-order valence-corrected chi connectivity index (χ1v) is 10.1. The van der Waals surface area contributed by atoms with E-state index in [0.29, 0.717) is 31.2 Å². The lowest BCUT2D eigenvalue weighted by atomic mass is 10.1. The van der Waals surface area contributed by atoms with Gasteiger partial charge in [-0.15, -0.1) is 0 Å². The second-order valence-corrected chi connectivity index (χ2v) is 7.96. The summed E-state index contributed by atoms with van der Waals surface area (Å²) in [4.78, 5) is 25.7. The zero-order chi connectivity index (χ0) is 21.6. The number of rotatable bonds is 7. The Bertz CT molecular complexity index is 1050. The summed E-state index contributed by atoms with van der Waals surface area (Å²) >= 11 is 0. The van der Waals surface area contributed by atoms with Gasteiger partial charge in [-0.1, -0.05) is 0 Å². The van der Waals surface area contributed by atoms with Crippen molar-refractivity contribution in [2.75, 3.05) is 31.6 Å². The van der Waals surface area contributed by atoms with Crippen molar-refractivity contribution in [1.82, 2.24) is 9.88 Å². The first-order chi connectivity index (χ1) is 14.3. The van der Waals surface area contributed by atoms with Crippen LogP contribution in [0.5, 0.6) is 5.75 Å². The van der Waals surface area contributed by atoms with E-state index in [2.05, 4.69) is 5.32 Å². The van der Waals surface area contributed by atoms with Gasteiger partial charge in [0.15, 0.2) is 11.6 Å². The number of hydrogen-bond donors (Lipinski definition) is 2. The number of hydrogen-bond acceptors (Lipinski definition) is 5. The van der Waals surface area contributed by atoms with E-state index in [-0.39, 0.29) is 29.3 Å². The van der Waals surface area contributed by atoms with Crippen molar-refractivity contribution in [3.63, 3.8) is 0 Å². The van der Waals surface area contributed by atoms with Gasteiger partial charge in [-0.3, -0.25) is 4.79 Å². The number of carboxylic acids is 1. The van der Waals surface area contributed by atoms with Gasteiger partial charge in [0.05, 0.1) is 18.0 Å². The van der Waals surface area contributed by atoms with E-state index >= 15 is 4.39 Å². The molecule has 7 nitrogen and oxygen atoms in total. The van der Waals surface area contributed by atoms with Crippen LogP contribution in [0.3, 0.4) is 0 Å². The highest BCUT2D eigenvalue weighted by Gasteiger charge is 2.37. The molecule has 1 saturated carbocycles. The maximum Gasteiger partial charge on any atom is 0.341 e. The molecular formula is C21H25F2N3O4. The summed E-state index contributed by atoms with van der Waals surface area (Å²) < 4.78 is 36.9. The van der Waals surface area contributed by atoms with Crippen molar-refractivity contribution in [3.05, 3.63) is 33.9 Å². The zero-order valence-electron chi connectivity index (χ0n) is 17.0. The monoisotopic (exact) mass is 421 g/mol. The second kappa shape index (κ2) is 7.86. The summed E-state index contributed by atoms with van der Waals surface area (Å²) in [5.74, 6) is -2.26. The topological polar surface area (TPSA) is 83.8 Å². The lowest BCUT2D eigenvalue weighted by Gasteiger charge is -2.24. The molecule has 1 aromatic carbocycles. The Morgan fingerprint density at radius 1 is 1.37 bits per heavy atom. The number of carboxylic acid groups (broad SMARTS) is 1. The van der Waals surface area contributed by atoms with E-state index in [0.717, 1.165) is 18.9 Å². The fourth-order valence-electron chi connectivity index (χ4n) is 4.19. The molecule has 1 aliphatic heterocycles. The van der Waals surface area contributed by atoms with Crippen molar-refractivity contribution < 1.29 is 23.4 Å². The summed E-state index contributed by atoms with van der Waals surface area (Å²) in [7, 11) is 1.36. The quantitative estimate of drug-likeness (QED) is 0.714. The van der Waals surface area contributed by atoms with Gasteiger partial charge in [0, 0.05) is 44.3 Å². The smallest absolute Gasteiger partial charge is 0.341 e. The van der Waals surface area contributed by atoms with Crippen molar-refractivity contribution >= 4 is 22.6 Å². The highest BCUT2D eigenvalue weighted by molar-refractivity contribution is 5.97. The molecular weight excluding hydrogens is 396 g/mol. The van der Waals surface area contributed by atoms with Crippen LogP contribution in [0.25, 0.3) is 10.9 Å². The number of ether oxygens (including phenoxy) is 1. The van der Waals surface area contributed by atoms with Crippen LogP contribution in [-0.2, 0) is 6.54 Å². The number of fused-ring (bicyclic) bond motifs is 1. The third kappa shape index (κ3) is 3.51. The van der Waals surface area contributed by atoms with Gasteiger partial charge in [-0.05, 0) is 25.8 Å². The van der Waals surface area contributed by atoms with Gasteiger partial charge in [-0.25, -0.2) is 13.6 Å². The Hall–Kier alpha value is -2.68. The van der Waals surface area contributed by atoms with Crippen LogP contribution in [0.1, 0.15) is 30.1 Å². The normalized spacial score (nSPS) is 21.4. The number of aromatic nitrogens is 1. The van der Waals surface area contributed by atoms with Gasteiger partial charge in [0.25, 0.3) is 0 Å². The summed E-state index contributed by atoms with van der Waals surface area (Å²) in [6, 6.07) is 1.50. The maximum atomic E-state index is 15.2. The van der Waals surface area contributed by atoms with E-state index in [1.807, 2.05) is 0 Å². The van der Waals surface area contributed by atoms with Crippen LogP contribution < -0.4 is 20.4 Å². The number of aromatic carboxylic acids is 1. The highest BCUT2D eigenvalue weighted by atomic mass is 19.1. The van der Waals surface area contributed by atoms with Crippen LogP contribution in [0.2, 0.25) is 0 Å². The first-order valence-electron chi connectivity index (χ1n) is 10.1. The number of methoxy groups -OCH3 is 1. The van der Waals surface area contributed by atoms with Gasteiger partial charge in [0.1, 0.15) is 17.4 Å². The van der Waals surface area contributed by atoms with E-state index in [1.165, 1.54) is 13.3 Å². The Kier molecular flexibility index (Phi) is 5.40. The van der Waals surface area contributed by atoms with Crippen LogP contribution >= 0.6 is 0 Å². The largest absolute Gasteiger partial charge is 0.492 e. The van der Waals surface area contributed by atoms with E-state index in [9.17, 15) is 19.1 Å². The first kappa shape index (κ1) is 20.6. The Morgan fingerprint density at radius 2 is 2.10 bits per heavy atom. The lowest BCUT2D eigenvalue weighted by molar-refractivity contribution is 0.0695. The molecule has 9 heteroatoms. The summed E-state index contributed by atoms with van der Waals surface area (Å²) in [5, 5.41) is 12.6. The van der Waals surface area contributed by atoms with Crippen LogP contribution in [0, 0.1) is 11.7 Å². The second-order valence-electron chi connectivity index (χ2n) is 7.96. The molecule has 0 amide bonds. The number of carbonyl (C=O) groups is 1. The van der Waals surface area contributed by atoms with Crippen molar-refractivity contribution in [3.8, 4) is 5.75 Å². The molecule has 0 radical (unpaired) electrons. The molecule has 2 fully saturated rings. The summed E-state index contributed by atoms with van der Waals surface area (Å²) in [6.45, 7) is 3.01. The molecule has 2 aliphatic rings. The van der Waals surface area contributed by atoms with E-state index in [4.69, 9.17) is 4.74 Å². The molecule has 2 aromatic rings. The molecule has 1 aromatic heterocycles. The van der Waals surface area contributed by atoms with Crippen LogP contribution in [0.4, 0.5) is 14.5 Å². The average molecular weight is 421 g/mol. The standard InChI is InChI=1S/C21H25F2N3O4/c1-3-25-9-14(21(28)29)19(27)13-6-15(22)18(20(30-2)17(13)25)26-8-11(16(23)10-26)7-24-12-4-5-12/h6,9,11-12,16,24H,3-5,7-8,10H2,1-2H3,(H,28,29). The predicted molar refractivity (Wildman–Crippen MR) is 109 cm³/mol. The molecule has 2 atom stereocenters. The number of nitrogens with one attached hydrogen (secondary N) is 1. The zero-order valence-corrected chi connectivity index (χ0v) is 17.0. The average Bonchev–Trinajstić information content (AvgIpc) is 3.47. The van der Waals surface area contributed by atoms with Crippen molar-refractivity contribution in [2.45, 2.75) is 38.5 Å². The fraction of sp³-hybridized carbons (Fsp3) is 0.524. The van der Waals surface area contributed by atoms with E-state index < -0.39 is 29.0 Å². The molecule has 4 rings (SSSR count). The molecule has 30 heavy (non-hydrogen) atoms. The predicted octanol–water partition coefficient (Wildman–Crippen LogP) is 2.39. The molecule has 162 valence electrons. The third-order valence-electron chi connectivity index (χ3n) is 5.94. The van der Waals surface area contributed by atoms with Gasteiger partial charge >= 0.3 is 5.97 Å². The minimum Gasteiger partial charge on any atom is -0.492 e. The number of halogens is 2. The number of benzene rings is 1. The molecule has 2 heterocycles. The highest BCUT2D eigenvalue weighted by Crippen LogP contribution is 2.40. The fourth-order valence-corrected chi connectivity index (χ4v) is 4.19. The number of alkyl halides is 1. The number of aryl methyl sites for hydroxylation is 1. The lowest BCUT2D eigenvalue weighted by Crippen LogP contribution is -2.30. The molecule has 2 N–H and O–H groups in total. The van der Waals surface area contributed by atoms with Gasteiger partial charge < -0.3 is 24.6 Å². The van der Waals surface area contributed by atoms with Crippen molar-refractivity contribution in [2.24, 2.45) is 5.92 Å². The molecule has 1 saturated heterocycles. The molecule has 2 unspecified atom stereocenters. The summed E-state index contributed by atoms with van der Waals surface area (Å²) in [6.07, 6.45) is 2.33. The molecule has 0 spiro atoms. The van der Waals surface area contributed by atoms with Crippen molar-refractivity contribution in [1.29, 1.82) is 0 Å². The minimum absolute atomic E-state index is 0.0271. The minimum atomic E-state index is -1.38. The van der Waals surface area contributed by atoms with Gasteiger partial charge in [0.2, 0.25) is 5.43 Å². The Morgan fingerprint density at radius 3 is 2.70 bits per heavy atom. The SMILES string of the molecule is CCn1cc(C(=O)O)c(=O)c2cc(F)c(N3CC(F)C(CNC4CC4)C3)c(OC)c21. The van der Waals surface area contributed by atoms with Crippen LogP contribution in [-0.4, -0.2) is 54.6 Å². The number of pyridine rings is 1. The maximum absolute atomic E-state index is 15.2. The molecule has 1 aliphatic carbocycles. The van der Waals surface area contributed by atoms with Gasteiger partial charge in [-0.2, -0.15) is 0 Å².